The molecular formula is C13H15FN4OS. The van der Waals surface area contributed by atoms with Crippen LogP contribution < -0.4 is 5.32 Å². The molecule has 7 heteroatoms. The van der Waals surface area contributed by atoms with Crippen LogP contribution in [0.3, 0.4) is 0 Å². The third kappa shape index (κ3) is 3.57. The molecule has 1 aromatic carbocycles. The first-order chi connectivity index (χ1) is 9.60. The van der Waals surface area contributed by atoms with Crippen molar-refractivity contribution >= 4 is 23.4 Å². The van der Waals surface area contributed by atoms with Crippen molar-refractivity contribution in [1.82, 2.24) is 14.8 Å². The Bertz CT molecular complexity index is 614. The van der Waals surface area contributed by atoms with Crippen molar-refractivity contribution in [2.75, 3.05) is 11.1 Å². The first kappa shape index (κ1) is 14.5. The van der Waals surface area contributed by atoms with Gasteiger partial charge >= 0.3 is 0 Å². The summed E-state index contributed by atoms with van der Waals surface area (Å²) in [6, 6.07) is 4.31. The Labute approximate surface area is 120 Å². The molecule has 0 saturated carbocycles. The van der Waals surface area contributed by atoms with Crippen molar-refractivity contribution in [3.63, 3.8) is 0 Å². The summed E-state index contributed by atoms with van der Waals surface area (Å²) < 4.78 is 15.0. The van der Waals surface area contributed by atoms with E-state index in [4.69, 9.17) is 0 Å². The molecule has 20 heavy (non-hydrogen) atoms. The number of hydrogen-bond donors (Lipinski definition) is 1. The van der Waals surface area contributed by atoms with Gasteiger partial charge in [-0.1, -0.05) is 17.8 Å². The Kier molecular flexibility index (Phi) is 4.73. The summed E-state index contributed by atoms with van der Waals surface area (Å²) in [5.74, 6) is -0.368. The molecule has 2 aromatic rings. The molecule has 106 valence electrons. The van der Waals surface area contributed by atoms with E-state index in [1.54, 1.807) is 12.4 Å². The number of nitrogens with one attached hydrogen (secondary N) is 1. The molecule has 1 amide bonds. The lowest BCUT2D eigenvalue weighted by atomic mass is 10.2. The largest absolute Gasteiger partial charge is 0.325 e. The standard InChI is InChI=1S/C13H15FN4OS/c1-3-18-8-15-17-13(18)20-7-12(19)16-11-6-10(14)5-4-9(11)2/h4-6,8H,3,7H2,1-2H3,(H,16,19). The highest BCUT2D eigenvalue weighted by Gasteiger charge is 2.09. The second kappa shape index (κ2) is 6.51. The minimum atomic E-state index is -0.371. The van der Waals surface area contributed by atoms with Crippen LogP contribution in [0.1, 0.15) is 12.5 Å². The van der Waals surface area contributed by atoms with Crippen LogP contribution in [-0.2, 0) is 11.3 Å². The summed E-state index contributed by atoms with van der Waals surface area (Å²) in [4.78, 5) is 11.9. The Morgan fingerprint density at radius 2 is 2.30 bits per heavy atom. The average molecular weight is 294 g/mol. The molecule has 0 aliphatic carbocycles. The van der Waals surface area contributed by atoms with E-state index in [-0.39, 0.29) is 17.5 Å². The topological polar surface area (TPSA) is 59.8 Å². The van der Waals surface area contributed by atoms with Crippen LogP contribution in [0.2, 0.25) is 0 Å². The van der Waals surface area contributed by atoms with Gasteiger partial charge in [-0.25, -0.2) is 4.39 Å². The lowest BCUT2D eigenvalue weighted by molar-refractivity contribution is -0.113. The van der Waals surface area contributed by atoms with Gasteiger partial charge in [0.1, 0.15) is 12.1 Å². The molecule has 0 fully saturated rings. The van der Waals surface area contributed by atoms with Crippen LogP contribution in [0.4, 0.5) is 10.1 Å². The molecule has 1 N–H and O–H groups in total. The highest BCUT2D eigenvalue weighted by atomic mass is 32.2. The van der Waals surface area contributed by atoms with Crippen LogP contribution in [0.25, 0.3) is 0 Å². The fourth-order valence-corrected chi connectivity index (χ4v) is 2.40. The van der Waals surface area contributed by atoms with Gasteiger partial charge in [0.2, 0.25) is 5.91 Å². The number of benzene rings is 1. The fraction of sp³-hybridized carbons (Fsp3) is 0.308. The molecule has 0 unspecified atom stereocenters. The molecule has 0 bridgehead atoms. The second-order valence-corrected chi connectivity index (χ2v) is 5.14. The third-order valence-corrected chi connectivity index (χ3v) is 3.71. The van der Waals surface area contributed by atoms with E-state index in [0.717, 1.165) is 12.1 Å². The predicted octanol–water partition coefficient (Wildman–Crippen LogP) is 2.48. The zero-order valence-corrected chi connectivity index (χ0v) is 12.1. The van der Waals surface area contributed by atoms with Gasteiger partial charge < -0.3 is 9.88 Å². The number of anilines is 1. The van der Waals surface area contributed by atoms with Crippen LogP contribution in [-0.4, -0.2) is 26.4 Å². The number of aromatic nitrogens is 3. The fourth-order valence-electron chi connectivity index (χ4n) is 1.62. The average Bonchev–Trinajstić information content (AvgIpc) is 2.88. The Morgan fingerprint density at radius 1 is 1.50 bits per heavy atom. The van der Waals surface area contributed by atoms with Crippen molar-refractivity contribution in [3.05, 3.63) is 35.9 Å². The van der Waals surface area contributed by atoms with E-state index < -0.39 is 0 Å². The van der Waals surface area contributed by atoms with E-state index in [9.17, 15) is 9.18 Å². The summed E-state index contributed by atoms with van der Waals surface area (Å²) in [7, 11) is 0. The second-order valence-electron chi connectivity index (χ2n) is 4.20. The minimum Gasteiger partial charge on any atom is -0.325 e. The van der Waals surface area contributed by atoms with Gasteiger partial charge in [0, 0.05) is 12.2 Å². The first-order valence-corrected chi connectivity index (χ1v) is 7.15. The summed E-state index contributed by atoms with van der Waals surface area (Å²) in [6.45, 7) is 4.54. The molecule has 0 aliphatic rings. The van der Waals surface area contributed by atoms with Gasteiger partial charge in [0.25, 0.3) is 0 Å². The quantitative estimate of drug-likeness (QED) is 0.861. The van der Waals surface area contributed by atoms with Crippen molar-refractivity contribution in [2.24, 2.45) is 0 Å². The molecule has 1 aromatic heterocycles. The lowest BCUT2D eigenvalue weighted by Crippen LogP contribution is -2.15. The summed E-state index contributed by atoms with van der Waals surface area (Å²) in [6.07, 6.45) is 1.62. The first-order valence-electron chi connectivity index (χ1n) is 6.16. The number of carbonyl (C=O) groups is 1. The SMILES string of the molecule is CCn1cnnc1SCC(=O)Nc1cc(F)ccc1C. The monoisotopic (exact) mass is 294 g/mol. The number of nitrogens with zero attached hydrogens (tertiary/aromatic N) is 3. The van der Waals surface area contributed by atoms with E-state index in [1.807, 2.05) is 18.4 Å². The molecule has 0 atom stereocenters. The summed E-state index contributed by atoms with van der Waals surface area (Å²) in [5.41, 5.74) is 1.31. The van der Waals surface area contributed by atoms with Crippen LogP contribution in [0.5, 0.6) is 0 Å². The highest BCUT2D eigenvalue weighted by molar-refractivity contribution is 7.99. The molecule has 0 saturated heterocycles. The maximum absolute atomic E-state index is 13.1. The Morgan fingerprint density at radius 3 is 3.05 bits per heavy atom. The van der Waals surface area contributed by atoms with Crippen LogP contribution in [0.15, 0.2) is 29.7 Å². The molecule has 0 radical (unpaired) electrons. The number of aryl methyl sites for hydroxylation is 2. The minimum absolute atomic E-state index is 0.200. The van der Waals surface area contributed by atoms with Gasteiger partial charge in [-0.3, -0.25) is 4.79 Å². The Balaban J connectivity index is 1.94. The normalized spacial score (nSPS) is 10.6. The van der Waals surface area contributed by atoms with E-state index >= 15 is 0 Å². The number of carbonyl (C=O) groups excluding carboxylic acids is 1. The van der Waals surface area contributed by atoms with Crippen LogP contribution >= 0.6 is 11.8 Å². The summed E-state index contributed by atoms with van der Waals surface area (Å²) >= 11 is 1.30. The van der Waals surface area contributed by atoms with Gasteiger partial charge in [0.15, 0.2) is 5.16 Å². The number of hydrogen-bond acceptors (Lipinski definition) is 4. The van der Waals surface area contributed by atoms with Gasteiger partial charge in [-0.2, -0.15) is 0 Å². The maximum atomic E-state index is 13.1. The molecule has 5 nitrogen and oxygen atoms in total. The smallest absolute Gasteiger partial charge is 0.234 e. The molecular weight excluding hydrogens is 279 g/mol. The van der Waals surface area contributed by atoms with Crippen molar-refractivity contribution in [3.8, 4) is 0 Å². The number of amides is 1. The molecule has 0 spiro atoms. The van der Waals surface area contributed by atoms with Gasteiger partial charge in [-0.05, 0) is 31.5 Å². The zero-order chi connectivity index (χ0) is 14.5. The van der Waals surface area contributed by atoms with Crippen molar-refractivity contribution in [2.45, 2.75) is 25.5 Å². The van der Waals surface area contributed by atoms with Gasteiger partial charge in [0.05, 0.1) is 5.75 Å². The summed E-state index contributed by atoms with van der Waals surface area (Å²) in [5, 5.41) is 11.1. The number of rotatable bonds is 5. The van der Waals surface area contributed by atoms with E-state index in [2.05, 4.69) is 15.5 Å². The van der Waals surface area contributed by atoms with Crippen molar-refractivity contribution in [1.29, 1.82) is 0 Å². The third-order valence-electron chi connectivity index (χ3n) is 2.73. The molecule has 0 aliphatic heterocycles. The number of thioether (sulfide) groups is 1. The Hall–Kier alpha value is -1.89. The van der Waals surface area contributed by atoms with Crippen LogP contribution in [0, 0.1) is 12.7 Å². The maximum Gasteiger partial charge on any atom is 0.234 e. The van der Waals surface area contributed by atoms with E-state index in [0.29, 0.717) is 10.8 Å². The predicted molar refractivity (Wildman–Crippen MR) is 76.2 cm³/mol. The highest BCUT2D eigenvalue weighted by Crippen LogP contribution is 2.18. The number of halogens is 1. The van der Waals surface area contributed by atoms with Crippen molar-refractivity contribution < 1.29 is 9.18 Å². The lowest BCUT2D eigenvalue weighted by Gasteiger charge is -2.08. The zero-order valence-electron chi connectivity index (χ0n) is 11.3. The van der Waals surface area contributed by atoms with E-state index in [1.165, 1.54) is 23.9 Å². The van der Waals surface area contributed by atoms with Gasteiger partial charge in [-0.15, -0.1) is 10.2 Å². The molecule has 1 heterocycles. The molecule has 2 rings (SSSR count).